The minimum atomic E-state index is 0.186. The van der Waals surface area contributed by atoms with Crippen molar-refractivity contribution in [3.05, 3.63) is 52.2 Å². The molecule has 108 valence electrons. The molecule has 1 aromatic carbocycles. The van der Waals surface area contributed by atoms with Gasteiger partial charge in [0.15, 0.2) is 0 Å². The Morgan fingerprint density at radius 3 is 2.70 bits per heavy atom. The number of ether oxygens (including phenoxy) is 1. The van der Waals surface area contributed by atoms with Crippen LogP contribution in [0.1, 0.15) is 16.5 Å². The fourth-order valence-corrected chi connectivity index (χ4v) is 3.08. The van der Waals surface area contributed by atoms with Crippen LogP contribution in [0.15, 0.2) is 41.8 Å². The summed E-state index contributed by atoms with van der Waals surface area (Å²) < 4.78 is 5.45. The highest BCUT2D eigenvalue weighted by Crippen LogP contribution is 2.28. The second-order valence-electron chi connectivity index (χ2n) is 4.80. The van der Waals surface area contributed by atoms with E-state index in [0.717, 1.165) is 24.3 Å². The van der Waals surface area contributed by atoms with Gasteiger partial charge in [0.1, 0.15) is 5.75 Å². The zero-order valence-electron chi connectivity index (χ0n) is 12.1. The zero-order chi connectivity index (χ0) is 14.4. The number of rotatable bonds is 7. The third kappa shape index (κ3) is 3.60. The van der Waals surface area contributed by atoms with Gasteiger partial charge in [0.25, 0.3) is 0 Å². The molecule has 1 unspecified atom stereocenters. The quantitative estimate of drug-likeness (QED) is 0.852. The van der Waals surface area contributed by atoms with Crippen molar-refractivity contribution in [1.29, 1.82) is 0 Å². The van der Waals surface area contributed by atoms with Crippen LogP contribution in [0.2, 0.25) is 0 Å². The second-order valence-corrected chi connectivity index (χ2v) is 5.84. The van der Waals surface area contributed by atoms with E-state index in [9.17, 15) is 0 Å². The van der Waals surface area contributed by atoms with Crippen LogP contribution in [0.25, 0.3) is 0 Å². The Kier molecular flexibility index (Phi) is 5.59. The predicted octanol–water partition coefficient (Wildman–Crippen LogP) is 2.93. The molecule has 0 amide bonds. The third-order valence-corrected chi connectivity index (χ3v) is 4.48. The first-order valence-corrected chi connectivity index (χ1v) is 7.69. The van der Waals surface area contributed by atoms with Gasteiger partial charge in [-0.1, -0.05) is 24.3 Å². The number of methoxy groups -OCH3 is 1. The van der Waals surface area contributed by atoms with Crippen LogP contribution in [0, 0.1) is 0 Å². The minimum absolute atomic E-state index is 0.186. The van der Waals surface area contributed by atoms with Crippen LogP contribution in [0.4, 0.5) is 0 Å². The van der Waals surface area contributed by atoms with Crippen LogP contribution < -0.4 is 10.5 Å². The summed E-state index contributed by atoms with van der Waals surface area (Å²) in [4.78, 5) is 3.71. The Morgan fingerprint density at radius 1 is 1.25 bits per heavy atom. The van der Waals surface area contributed by atoms with Crippen molar-refractivity contribution in [1.82, 2.24) is 4.90 Å². The van der Waals surface area contributed by atoms with Gasteiger partial charge >= 0.3 is 0 Å². The molecule has 20 heavy (non-hydrogen) atoms. The van der Waals surface area contributed by atoms with Gasteiger partial charge in [-0.3, -0.25) is 4.90 Å². The smallest absolute Gasteiger partial charge is 0.123 e. The Morgan fingerprint density at radius 2 is 2.05 bits per heavy atom. The lowest BCUT2D eigenvalue weighted by molar-refractivity contribution is 0.247. The van der Waals surface area contributed by atoms with Crippen molar-refractivity contribution in [2.75, 3.05) is 27.2 Å². The predicted molar refractivity (Wildman–Crippen MR) is 85.4 cm³/mol. The van der Waals surface area contributed by atoms with E-state index in [1.807, 2.05) is 18.2 Å². The number of hydrogen-bond acceptors (Lipinski definition) is 4. The van der Waals surface area contributed by atoms with E-state index in [4.69, 9.17) is 10.5 Å². The average molecular weight is 290 g/mol. The van der Waals surface area contributed by atoms with E-state index in [-0.39, 0.29) is 6.04 Å². The van der Waals surface area contributed by atoms with E-state index in [1.54, 1.807) is 18.4 Å². The summed E-state index contributed by atoms with van der Waals surface area (Å²) in [5.41, 5.74) is 7.14. The summed E-state index contributed by atoms with van der Waals surface area (Å²) >= 11 is 1.81. The summed E-state index contributed by atoms with van der Waals surface area (Å²) in [5.74, 6) is 0.908. The van der Waals surface area contributed by atoms with Gasteiger partial charge in [-0.25, -0.2) is 0 Å². The van der Waals surface area contributed by atoms with Crippen molar-refractivity contribution < 1.29 is 4.74 Å². The summed E-state index contributed by atoms with van der Waals surface area (Å²) in [7, 11) is 3.83. The molecule has 2 aromatic rings. The molecule has 1 heterocycles. The average Bonchev–Trinajstić information content (AvgIpc) is 3.00. The highest BCUT2D eigenvalue weighted by atomic mass is 32.1. The van der Waals surface area contributed by atoms with Gasteiger partial charge in [0, 0.05) is 23.5 Å². The Hall–Kier alpha value is -1.36. The molecule has 0 saturated heterocycles. The minimum Gasteiger partial charge on any atom is -0.496 e. The standard InChI is InChI=1S/C16H22N2OS/c1-18(10-9-13-6-5-11-20-13)15(12-17)14-7-3-4-8-16(14)19-2/h3-8,11,15H,9-10,12,17H2,1-2H3. The van der Waals surface area contributed by atoms with Crippen LogP contribution >= 0.6 is 11.3 Å². The first-order chi connectivity index (χ1) is 9.76. The number of nitrogens with zero attached hydrogens (tertiary/aromatic N) is 1. The SMILES string of the molecule is COc1ccccc1C(CN)N(C)CCc1cccs1. The van der Waals surface area contributed by atoms with Gasteiger partial charge in [0.05, 0.1) is 13.2 Å². The van der Waals surface area contributed by atoms with Crippen LogP contribution in [-0.2, 0) is 6.42 Å². The molecule has 0 aliphatic rings. The van der Waals surface area contributed by atoms with Crippen LogP contribution in [-0.4, -0.2) is 32.1 Å². The largest absolute Gasteiger partial charge is 0.496 e. The Bertz CT molecular complexity index is 513. The normalized spacial score (nSPS) is 12.6. The maximum atomic E-state index is 5.98. The Balaban J connectivity index is 2.06. The van der Waals surface area contributed by atoms with Crippen LogP contribution in [0.5, 0.6) is 5.75 Å². The van der Waals surface area contributed by atoms with E-state index >= 15 is 0 Å². The highest BCUT2D eigenvalue weighted by Gasteiger charge is 2.18. The number of hydrogen-bond donors (Lipinski definition) is 1. The lowest BCUT2D eigenvalue weighted by Gasteiger charge is -2.28. The molecule has 2 N–H and O–H groups in total. The molecule has 3 nitrogen and oxygen atoms in total. The molecule has 1 atom stereocenters. The molecule has 0 saturated carbocycles. The molecule has 0 aliphatic carbocycles. The van der Waals surface area contributed by atoms with Crippen LogP contribution in [0.3, 0.4) is 0 Å². The maximum absolute atomic E-state index is 5.98. The summed E-state index contributed by atoms with van der Waals surface area (Å²) in [6.45, 7) is 1.57. The van der Waals surface area contributed by atoms with Gasteiger partial charge in [-0.15, -0.1) is 11.3 Å². The summed E-state index contributed by atoms with van der Waals surface area (Å²) in [6, 6.07) is 12.6. The molecule has 4 heteroatoms. The van der Waals surface area contributed by atoms with Gasteiger partial charge < -0.3 is 10.5 Å². The molecule has 2 rings (SSSR count). The van der Waals surface area contributed by atoms with Crippen molar-refractivity contribution in [2.45, 2.75) is 12.5 Å². The number of para-hydroxylation sites is 1. The van der Waals surface area contributed by atoms with E-state index in [1.165, 1.54) is 4.88 Å². The van der Waals surface area contributed by atoms with Gasteiger partial charge in [-0.05, 0) is 31.0 Å². The lowest BCUT2D eigenvalue weighted by atomic mass is 10.0. The number of nitrogens with two attached hydrogens (primary N) is 1. The molecule has 0 radical (unpaired) electrons. The zero-order valence-corrected chi connectivity index (χ0v) is 12.9. The van der Waals surface area contributed by atoms with Crippen molar-refractivity contribution in [3.8, 4) is 5.75 Å². The fraction of sp³-hybridized carbons (Fsp3) is 0.375. The molecular formula is C16H22N2OS. The number of benzene rings is 1. The maximum Gasteiger partial charge on any atom is 0.123 e. The number of thiophene rings is 1. The lowest BCUT2D eigenvalue weighted by Crippen LogP contribution is -2.32. The topological polar surface area (TPSA) is 38.5 Å². The van der Waals surface area contributed by atoms with Gasteiger partial charge in [0.2, 0.25) is 0 Å². The molecule has 0 bridgehead atoms. The number of likely N-dealkylation sites (N-methyl/N-ethyl adjacent to an activating group) is 1. The Labute approximate surface area is 125 Å². The van der Waals surface area contributed by atoms with Gasteiger partial charge in [-0.2, -0.15) is 0 Å². The summed E-state index contributed by atoms with van der Waals surface area (Å²) in [6.07, 6.45) is 1.06. The van der Waals surface area contributed by atoms with Crippen molar-refractivity contribution >= 4 is 11.3 Å². The van der Waals surface area contributed by atoms with E-state index in [2.05, 4.69) is 35.5 Å². The second kappa shape index (κ2) is 7.43. The monoisotopic (exact) mass is 290 g/mol. The third-order valence-electron chi connectivity index (χ3n) is 3.54. The highest BCUT2D eigenvalue weighted by molar-refractivity contribution is 7.09. The molecule has 0 aliphatic heterocycles. The van der Waals surface area contributed by atoms with Crippen molar-refractivity contribution in [3.63, 3.8) is 0 Å². The fourth-order valence-electron chi connectivity index (χ4n) is 2.38. The molecular weight excluding hydrogens is 268 g/mol. The molecule has 1 aromatic heterocycles. The van der Waals surface area contributed by atoms with E-state index in [0.29, 0.717) is 6.54 Å². The first kappa shape index (κ1) is 15.0. The first-order valence-electron chi connectivity index (χ1n) is 6.82. The van der Waals surface area contributed by atoms with Crippen molar-refractivity contribution in [2.24, 2.45) is 5.73 Å². The molecule has 0 spiro atoms. The summed E-state index contributed by atoms with van der Waals surface area (Å²) in [5, 5.41) is 2.12. The molecule has 0 fully saturated rings. The van der Waals surface area contributed by atoms with E-state index < -0.39 is 0 Å².